The molecule has 0 bridgehead atoms. The molecule has 0 aliphatic carbocycles. The van der Waals surface area contributed by atoms with Crippen LogP contribution >= 0.6 is 0 Å². The first-order chi connectivity index (χ1) is 9.58. The van der Waals surface area contributed by atoms with Crippen LogP contribution in [0.4, 0.5) is 0 Å². The van der Waals surface area contributed by atoms with Crippen LogP contribution in [0, 0.1) is 0 Å². The molecule has 2 aromatic heterocycles. The highest BCUT2D eigenvalue weighted by molar-refractivity contribution is 5.76. The standard InChI is InChI=1S/C12H14N4O4/c17-10(13-6-4-11(18)19)5-8-16-12(20)15-7-2-1-3-9(15)14-16/h1-3,7H,4-6,8H2,(H,13,17)(H,18,19). The number of carbonyl (C=O) groups is 2. The van der Waals surface area contributed by atoms with Crippen molar-refractivity contribution >= 4 is 17.5 Å². The highest BCUT2D eigenvalue weighted by Gasteiger charge is 2.08. The number of aliphatic carboxylic acids is 1. The van der Waals surface area contributed by atoms with Crippen LogP contribution in [-0.4, -0.2) is 37.7 Å². The monoisotopic (exact) mass is 278 g/mol. The van der Waals surface area contributed by atoms with Gasteiger partial charge in [0, 0.05) is 19.2 Å². The first kappa shape index (κ1) is 13.8. The maximum Gasteiger partial charge on any atom is 0.350 e. The number of aryl methyl sites for hydroxylation is 1. The average Bonchev–Trinajstić information content (AvgIpc) is 2.73. The van der Waals surface area contributed by atoms with Crippen molar-refractivity contribution in [3.8, 4) is 0 Å². The third kappa shape index (κ3) is 3.22. The molecule has 106 valence electrons. The number of carboxylic acid groups (broad SMARTS) is 1. The van der Waals surface area contributed by atoms with Gasteiger partial charge in [0.25, 0.3) is 0 Å². The first-order valence-corrected chi connectivity index (χ1v) is 6.10. The van der Waals surface area contributed by atoms with Crippen molar-refractivity contribution < 1.29 is 14.7 Å². The zero-order chi connectivity index (χ0) is 14.5. The number of hydrogen-bond donors (Lipinski definition) is 2. The summed E-state index contributed by atoms with van der Waals surface area (Å²) in [6.45, 7) is 0.230. The van der Waals surface area contributed by atoms with E-state index >= 15 is 0 Å². The van der Waals surface area contributed by atoms with Gasteiger partial charge in [0.2, 0.25) is 5.91 Å². The van der Waals surface area contributed by atoms with Crippen LogP contribution in [-0.2, 0) is 16.1 Å². The van der Waals surface area contributed by atoms with Crippen LogP contribution in [0.3, 0.4) is 0 Å². The molecule has 2 heterocycles. The largest absolute Gasteiger partial charge is 0.481 e. The molecule has 0 atom stereocenters. The van der Waals surface area contributed by atoms with E-state index in [-0.39, 0.29) is 37.5 Å². The van der Waals surface area contributed by atoms with Gasteiger partial charge >= 0.3 is 11.7 Å². The van der Waals surface area contributed by atoms with Gasteiger partial charge in [-0.05, 0) is 12.1 Å². The van der Waals surface area contributed by atoms with Gasteiger partial charge in [-0.2, -0.15) is 0 Å². The van der Waals surface area contributed by atoms with Crippen molar-refractivity contribution in [3.63, 3.8) is 0 Å². The summed E-state index contributed by atoms with van der Waals surface area (Å²) in [4.78, 5) is 33.7. The number of aromatic nitrogens is 3. The second kappa shape index (κ2) is 6.00. The molecule has 0 aromatic carbocycles. The van der Waals surface area contributed by atoms with E-state index < -0.39 is 5.97 Å². The third-order valence-electron chi connectivity index (χ3n) is 2.70. The van der Waals surface area contributed by atoms with E-state index in [0.717, 1.165) is 0 Å². The Morgan fingerprint density at radius 3 is 2.80 bits per heavy atom. The highest BCUT2D eigenvalue weighted by atomic mass is 16.4. The van der Waals surface area contributed by atoms with Crippen LogP contribution in [0.15, 0.2) is 29.2 Å². The fourth-order valence-electron chi connectivity index (χ4n) is 1.72. The number of fused-ring (bicyclic) bond motifs is 1. The summed E-state index contributed by atoms with van der Waals surface area (Å²) in [5.74, 6) is -1.28. The van der Waals surface area contributed by atoms with E-state index in [1.54, 1.807) is 24.4 Å². The molecular formula is C12H14N4O4. The average molecular weight is 278 g/mol. The smallest absolute Gasteiger partial charge is 0.350 e. The van der Waals surface area contributed by atoms with Crippen molar-refractivity contribution in [2.45, 2.75) is 19.4 Å². The Morgan fingerprint density at radius 1 is 1.30 bits per heavy atom. The minimum Gasteiger partial charge on any atom is -0.481 e. The second-order valence-corrected chi connectivity index (χ2v) is 4.18. The summed E-state index contributed by atoms with van der Waals surface area (Å²) in [5, 5.41) is 15.0. The molecule has 2 rings (SSSR count). The van der Waals surface area contributed by atoms with Crippen LogP contribution in [0.2, 0.25) is 0 Å². The summed E-state index contributed by atoms with van der Waals surface area (Å²) in [5.41, 5.74) is 0.211. The number of hydrogen-bond acceptors (Lipinski definition) is 4. The van der Waals surface area contributed by atoms with E-state index in [2.05, 4.69) is 10.4 Å². The van der Waals surface area contributed by atoms with Crippen LogP contribution in [0.1, 0.15) is 12.8 Å². The molecule has 8 heteroatoms. The Balaban J connectivity index is 1.92. The van der Waals surface area contributed by atoms with Crippen molar-refractivity contribution in [2.24, 2.45) is 0 Å². The summed E-state index contributed by atoms with van der Waals surface area (Å²) in [6.07, 6.45) is 1.55. The van der Waals surface area contributed by atoms with E-state index in [0.29, 0.717) is 5.65 Å². The first-order valence-electron chi connectivity index (χ1n) is 6.10. The number of carbonyl (C=O) groups excluding carboxylic acids is 1. The Hall–Kier alpha value is -2.64. The third-order valence-corrected chi connectivity index (χ3v) is 2.70. The summed E-state index contributed by atoms with van der Waals surface area (Å²) < 4.78 is 2.61. The molecular weight excluding hydrogens is 264 g/mol. The van der Waals surface area contributed by atoms with Gasteiger partial charge < -0.3 is 10.4 Å². The Bertz CT molecular complexity index is 688. The van der Waals surface area contributed by atoms with Gasteiger partial charge in [-0.25, -0.2) is 9.48 Å². The molecule has 0 saturated heterocycles. The van der Waals surface area contributed by atoms with E-state index in [1.807, 2.05) is 0 Å². The SMILES string of the molecule is O=C(O)CCNC(=O)CCn1nc2ccccn2c1=O. The molecule has 0 aliphatic rings. The maximum absolute atomic E-state index is 11.9. The molecule has 0 fully saturated rings. The summed E-state index contributed by atoms with van der Waals surface area (Å²) in [6, 6.07) is 5.19. The number of nitrogens with one attached hydrogen (secondary N) is 1. The van der Waals surface area contributed by atoms with Crippen molar-refractivity contribution in [3.05, 3.63) is 34.9 Å². The zero-order valence-corrected chi connectivity index (χ0v) is 10.7. The van der Waals surface area contributed by atoms with Gasteiger partial charge in [-0.15, -0.1) is 5.10 Å². The van der Waals surface area contributed by atoms with E-state index in [4.69, 9.17) is 5.11 Å². The minimum atomic E-state index is -0.970. The fraction of sp³-hybridized carbons (Fsp3) is 0.333. The van der Waals surface area contributed by atoms with Gasteiger partial charge in [-0.1, -0.05) is 6.07 Å². The molecule has 0 radical (unpaired) electrons. The molecule has 0 unspecified atom stereocenters. The number of amides is 1. The number of pyridine rings is 1. The number of rotatable bonds is 6. The molecule has 2 aromatic rings. The van der Waals surface area contributed by atoms with Crippen LogP contribution < -0.4 is 11.0 Å². The molecule has 0 spiro atoms. The lowest BCUT2D eigenvalue weighted by molar-refractivity contribution is -0.136. The predicted octanol–water partition coefficient (Wildman–Crippen LogP) is -0.523. The molecule has 2 N–H and O–H groups in total. The molecule has 8 nitrogen and oxygen atoms in total. The van der Waals surface area contributed by atoms with Gasteiger partial charge in [0.15, 0.2) is 5.65 Å². The second-order valence-electron chi connectivity index (χ2n) is 4.18. The van der Waals surface area contributed by atoms with Gasteiger partial charge in [0.05, 0.1) is 13.0 Å². The maximum atomic E-state index is 11.9. The quantitative estimate of drug-likeness (QED) is 0.739. The summed E-state index contributed by atoms with van der Waals surface area (Å²) in [7, 11) is 0. The van der Waals surface area contributed by atoms with Crippen LogP contribution in [0.25, 0.3) is 5.65 Å². The number of carboxylic acids is 1. The summed E-state index contributed by atoms with van der Waals surface area (Å²) >= 11 is 0. The Kier molecular flexibility index (Phi) is 4.14. The van der Waals surface area contributed by atoms with Crippen molar-refractivity contribution in [1.82, 2.24) is 19.5 Å². The zero-order valence-electron chi connectivity index (χ0n) is 10.7. The predicted molar refractivity (Wildman–Crippen MR) is 69.3 cm³/mol. The Morgan fingerprint density at radius 2 is 2.10 bits per heavy atom. The minimum absolute atomic E-state index is 0.0728. The molecule has 20 heavy (non-hydrogen) atoms. The van der Waals surface area contributed by atoms with Gasteiger partial charge in [0.1, 0.15) is 0 Å². The van der Waals surface area contributed by atoms with E-state index in [1.165, 1.54) is 9.08 Å². The van der Waals surface area contributed by atoms with E-state index in [9.17, 15) is 14.4 Å². The van der Waals surface area contributed by atoms with Crippen LogP contribution in [0.5, 0.6) is 0 Å². The lowest BCUT2D eigenvalue weighted by atomic mass is 10.3. The van der Waals surface area contributed by atoms with Crippen molar-refractivity contribution in [1.29, 1.82) is 0 Å². The lowest BCUT2D eigenvalue weighted by Crippen LogP contribution is -2.29. The topological polar surface area (TPSA) is 106 Å². The number of nitrogens with zero attached hydrogens (tertiary/aromatic N) is 3. The molecule has 0 saturated carbocycles. The lowest BCUT2D eigenvalue weighted by Gasteiger charge is -2.02. The van der Waals surface area contributed by atoms with Gasteiger partial charge in [-0.3, -0.25) is 14.0 Å². The molecule has 0 aliphatic heterocycles. The fourth-order valence-corrected chi connectivity index (χ4v) is 1.72. The van der Waals surface area contributed by atoms with Crippen molar-refractivity contribution in [2.75, 3.05) is 6.54 Å². The normalized spacial score (nSPS) is 10.6. The Labute approximate surface area is 113 Å². The molecule has 1 amide bonds. The highest BCUT2D eigenvalue weighted by Crippen LogP contribution is 1.95.